The molecular formula is C34H41N7O4. The molecule has 4 heterocycles. The zero-order chi connectivity index (χ0) is 31.9. The van der Waals surface area contributed by atoms with Crippen molar-refractivity contribution in [3.05, 3.63) is 67.0 Å². The molecule has 4 aromatic rings. The quantitative estimate of drug-likeness (QED) is 0.238. The van der Waals surface area contributed by atoms with E-state index >= 15 is 0 Å². The first-order valence-corrected chi connectivity index (χ1v) is 15.1. The maximum absolute atomic E-state index is 12.4. The molecule has 236 valence electrons. The van der Waals surface area contributed by atoms with Crippen molar-refractivity contribution in [3.8, 4) is 17.0 Å². The highest BCUT2D eigenvalue weighted by Crippen LogP contribution is 2.43. The maximum Gasteiger partial charge on any atom is 0.247 e. The van der Waals surface area contributed by atoms with Gasteiger partial charge in [-0.05, 0) is 52.2 Å². The molecule has 0 aliphatic carbocycles. The summed E-state index contributed by atoms with van der Waals surface area (Å²) in [4.78, 5) is 26.1. The Labute approximate surface area is 263 Å². The van der Waals surface area contributed by atoms with Crippen molar-refractivity contribution in [2.24, 2.45) is 0 Å². The molecule has 0 saturated carbocycles. The number of carbonyl (C=O) groups is 1. The number of likely N-dealkylation sites (N-methyl/N-ethyl adjacent to an activating group) is 2. The summed E-state index contributed by atoms with van der Waals surface area (Å²) in [6.45, 7) is 9.86. The molecule has 45 heavy (non-hydrogen) atoms. The van der Waals surface area contributed by atoms with Gasteiger partial charge in [0, 0.05) is 61.0 Å². The van der Waals surface area contributed by atoms with Crippen LogP contribution in [0.4, 0.5) is 23.0 Å². The zero-order valence-corrected chi connectivity index (χ0v) is 26.8. The number of amides is 1. The van der Waals surface area contributed by atoms with Gasteiger partial charge < -0.3 is 39.2 Å². The molecule has 11 nitrogen and oxygen atoms in total. The molecule has 1 fully saturated rings. The van der Waals surface area contributed by atoms with Crippen LogP contribution in [0.25, 0.3) is 22.2 Å². The Kier molecular flexibility index (Phi) is 8.25. The monoisotopic (exact) mass is 611 g/mol. The number of hydrogen-bond donors (Lipinski definition) is 2. The third kappa shape index (κ3) is 6.11. The Morgan fingerprint density at radius 1 is 1.13 bits per heavy atom. The van der Waals surface area contributed by atoms with Crippen LogP contribution in [0.3, 0.4) is 0 Å². The number of para-hydroxylation sites is 1. The van der Waals surface area contributed by atoms with Gasteiger partial charge in [-0.3, -0.25) is 4.79 Å². The number of benzene rings is 2. The molecule has 1 amide bonds. The number of rotatable bonds is 10. The van der Waals surface area contributed by atoms with Gasteiger partial charge in [0.1, 0.15) is 11.9 Å². The summed E-state index contributed by atoms with van der Waals surface area (Å²) in [5.41, 5.74) is 6.21. The minimum Gasteiger partial charge on any atom is -0.494 e. The highest BCUT2D eigenvalue weighted by molar-refractivity contribution is 6.02. The van der Waals surface area contributed by atoms with Gasteiger partial charge in [0.2, 0.25) is 11.9 Å². The van der Waals surface area contributed by atoms with Crippen LogP contribution in [0, 0.1) is 0 Å². The summed E-state index contributed by atoms with van der Waals surface area (Å²) in [7, 11) is 7.65. The second-order valence-corrected chi connectivity index (χ2v) is 12.2. The van der Waals surface area contributed by atoms with E-state index in [9.17, 15) is 4.79 Å². The molecule has 0 bridgehead atoms. The SMILES string of the molecule is C=CC(=O)Nc1cc(Nc2nccc(-c3c4n(c5ccccc35)CC3OC(C)(C)OC3C4)n2)c(OC)cc1N(C)CCN(C)C. The number of carbonyl (C=O) groups excluding carboxylic acids is 1. The number of nitrogens with zero attached hydrogens (tertiary/aromatic N) is 5. The summed E-state index contributed by atoms with van der Waals surface area (Å²) in [5.74, 6) is 0.0753. The van der Waals surface area contributed by atoms with Crippen molar-refractivity contribution in [2.75, 3.05) is 56.9 Å². The van der Waals surface area contributed by atoms with Crippen LogP contribution in [-0.2, 0) is 27.2 Å². The molecular weight excluding hydrogens is 570 g/mol. The summed E-state index contributed by atoms with van der Waals surface area (Å²) in [5, 5.41) is 7.41. The fraction of sp³-hybridized carbons (Fsp3) is 0.382. The highest BCUT2D eigenvalue weighted by atomic mass is 16.8. The lowest BCUT2D eigenvalue weighted by atomic mass is 9.99. The van der Waals surface area contributed by atoms with Gasteiger partial charge in [-0.25, -0.2) is 9.97 Å². The van der Waals surface area contributed by atoms with E-state index in [1.807, 2.05) is 53.2 Å². The van der Waals surface area contributed by atoms with E-state index in [1.165, 1.54) is 11.8 Å². The standard InChI is InChI=1S/C34H41N7O4/c1-8-31(42)36-23-17-24(28(43-7)18-26(23)40(6)16-15-39(4)5)38-33-35-14-13-22(37-33)32-21-11-9-10-12-25(21)41-20-30-29(19-27(32)41)44-34(2,3)45-30/h8-14,17-18,29-30H,1,15-16,19-20H2,2-7H3,(H,36,42)(H,35,37,38). The highest BCUT2D eigenvalue weighted by Gasteiger charge is 2.45. The van der Waals surface area contributed by atoms with Crippen LogP contribution < -0.4 is 20.3 Å². The van der Waals surface area contributed by atoms with Gasteiger partial charge >= 0.3 is 0 Å². The molecule has 2 aromatic heterocycles. The van der Waals surface area contributed by atoms with E-state index in [-0.39, 0.29) is 18.1 Å². The number of aromatic nitrogens is 3. The zero-order valence-electron chi connectivity index (χ0n) is 26.8. The van der Waals surface area contributed by atoms with Crippen LogP contribution >= 0.6 is 0 Å². The Hall–Kier alpha value is -4.45. The minimum absolute atomic E-state index is 0.00748. The topological polar surface area (TPSA) is 106 Å². The van der Waals surface area contributed by atoms with E-state index in [0.717, 1.165) is 40.9 Å². The third-order valence-corrected chi connectivity index (χ3v) is 8.33. The first-order chi connectivity index (χ1) is 21.6. The maximum atomic E-state index is 12.4. The van der Waals surface area contributed by atoms with Crippen molar-refractivity contribution in [1.29, 1.82) is 0 Å². The lowest BCUT2D eigenvalue weighted by Crippen LogP contribution is -2.35. The van der Waals surface area contributed by atoms with Gasteiger partial charge in [0.15, 0.2) is 5.79 Å². The lowest BCUT2D eigenvalue weighted by Gasteiger charge is -2.26. The van der Waals surface area contributed by atoms with Gasteiger partial charge in [0.25, 0.3) is 0 Å². The third-order valence-electron chi connectivity index (χ3n) is 8.33. The van der Waals surface area contributed by atoms with Crippen LogP contribution in [0.15, 0.2) is 61.3 Å². The van der Waals surface area contributed by atoms with Crippen molar-refractivity contribution < 1.29 is 19.0 Å². The number of anilines is 4. The van der Waals surface area contributed by atoms with Crippen molar-refractivity contribution in [1.82, 2.24) is 19.4 Å². The smallest absolute Gasteiger partial charge is 0.247 e. The lowest BCUT2D eigenvalue weighted by molar-refractivity contribution is -0.145. The van der Waals surface area contributed by atoms with E-state index in [0.29, 0.717) is 36.0 Å². The molecule has 6 rings (SSSR count). The van der Waals surface area contributed by atoms with Crippen LogP contribution in [0.1, 0.15) is 19.5 Å². The Morgan fingerprint density at radius 3 is 2.67 bits per heavy atom. The molecule has 2 atom stereocenters. The fourth-order valence-corrected chi connectivity index (χ4v) is 6.25. The van der Waals surface area contributed by atoms with E-state index in [1.54, 1.807) is 13.3 Å². The van der Waals surface area contributed by atoms with Crippen molar-refractivity contribution in [3.63, 3.8) is 0 Å². The van der Waals surface area contributed by atoms with E-state index in [2.05, 4.69) is 60.8 Å². The Balaban J connectivity index is 1.37. The molecule has 2 aliphatic heterocycles. The summed E-state index contributed by atoms with van der Waals surface area (Å²) in [6.07, 6.45) is 3.68. The van der Waals surface area contributed by atoms with Gasteiger partial charge in [-0.2, -0.15) is 0 Å². The molecule has 0 spiro atoms. The first-order valence-electron chi connectivity index (χ1n) is 15.1. The molecule has 1 saturated heterocycles. The first kappa shape index (κ1) is 30.6. The van der Waals surface area contributed by atoms with Crippen molar-refractivity contribution in [2.45, 2.75) is 44.8 Å². The predicted octanol–water partition coefficient (Wildman–Crippen LogP) is 5.05. The van der Waals surface area contributed by atoms with Gasteiger partial charge in [0.05, 0.1) is 42.5 Å². The van der Waals surface area contributed by atoms with Crippen LogP contribution in [0.2, 0.25) is 0 Å². The fourth-order valence-electron chi connectivity index (χ4n) is 6.25. The van der Waals surface area contributed by atoms with Crippen LogP contribution in [0.5, 0.6) is 5.75 Å². The number of ether oxygens (including phenoxy) is 3. The van der Waals surface area contributed by atoms with Gasteiger partial charge in [-0.15, -0.1) is 0 Å². The van der Waals surface area contributed by atoms with Crippen LogP contribution in [-0.4, -0.2) is 84.7 Å². The number of methoxy groups -OCH3 is 1. The second kappa shape index (κ2) is 12.2. The largest absolute Gasteiger partial charge is 0.494 e. The summed E-state index contributed by atoms with van der Waals surface area (Å²) in [6, 6.07) is 14.1. The Bertz CT molecular complexity index is 1750. The predicted molar refractivity (Wildman–Crippen MR) is 177 cm³/mol. The summed E-state index contributed by atoms with van der Waals surface area (Å²) < 4.78 is 20.7. The molecule has 2 aliphatic rings. The number of nitrogens with one attached hydrogen (secondary N) is 2. The number of hydrogen-bond acceptors (Lipinski definition) is 9. The Morgan fingerprint density at radius 2 is 1.91 bits per heavy atom. The second-order valence-electron chi connectivity index (χ2n) is 12.2. The molecule has 2 N–H and O–H groups in total. The minimum atomic E-state index is -0.610. The van der Waals surface area contributed by atoms with Gasteiger partial charge in [-0.1, -0.05) is 24.8 Å². The van der Waals surface area contributed by atoms with E-state index in [4.69, 9.17) is 19.2 Å². The normalized spacial score (nSPS) is 18.4. The molecule has 11 heteroatoms. The average molecular weight is 612 g/mol. The average Bonchev–Trinajstić information content (AvgIpc) is 3.50. The summed E-state index contributed by atoms with van der Waals surface area (Å²) >= 11 is 0. The number of fused-ring (bicyclic) bond motifs is 4. The van der Waals surface area contributed by atoms with Crippen molar-refractivity contribution >= 4 is 39.8 Å². The van der Waals surface area contributed by atoms with E-state index < -0.39 is 5.79 Å². The molecule has 0 radical (unpaired) electrons. The molecule has 2 unspecified atom stereocenters. The molecule has 2 aromatic carbocycles.